The fourth-order valence-electron chi connectivity index (χ4n) is 1.74. The molecule has 94 valence electrons. The van der Waals surface area contributed by atoms with Crippen molar-refractivity contribution in [2.75, 3.05) is 5.32 Å². The Balaban J connectivity index is 2.21. The molecule has 2 aromatic carbocycles. The first-order chi connectivity index (χ1) is 8.58. The van der Waals surface area contributed by atoms with Gasteiger partial charge in [0, 0.05) is 16.6 Å². The van der Waals surface area contributed by atoms with Crippen LogP contribution in [-0.4, -0.2) is 0 Å². The maximum absolute atomic E-state index is 13.5. The van der Waals surface area contributed by atoms with Crippen LogP contribution < -0.4 is 5.32 Å². The Bertz CT molecular complexity index is 557. The van der Waals surface area contributed by atoms with Gasteiger partial charge in [-0.2, -0.15) is 0 Å². The van der Waals surface area contributed by atoms with Crippen molar-refractivity contribution < 1.29 is 8.78 Å². The second-order valence-electron chi connectivity index (χ2n) is 4.01. The minimum absolute atomic E-state index is 0.0828. The lowest BCUT2D eigenvalue weighted by Gasteiger charge is -2.17. The lowest BCUT2D eigenvalue weighted by Crippen LogP contribution is -2.08. The van der Waals surface area contributed by atoms with Crippen LogP contribution in [0.5, 0.6) is 0 Å². The van der Waals surface area contributed by atoms with Crippen molar-refractivity contribution in [1.29, 1.82) is 0 Å². The summed E-state index contributed by atoms with van der Waals surface area (Å²) in [5, 5.41) is 3.02. The molecule has 2 aromatic rings. The number of benzene rings is 2. The molecule has 2 rings (SSSR count). The molecule has 0 spiro atoms. The average molecular weight is 312 g/mol. The van der Waals surface area contributed by atoms with E-state index in [9.17, 15) is 8.78 Å². The lowest BCUT2D eigenvalue weighted by atomic mass is 10.1. The van der Waals surface area contributed by atoms with Crippen molar-refractivity contribution in [3.05, 3.63) is 64.1 Å². The van der Waals surface area contributed by atoms with Crippen LogP contribution in [0.3, 0.4) is 0 Å². The molecule has 0 aromatic heterocycles. The summed E-state index contributed by atoms with van der Waals surface area (Å²) in [5.74, 6) is -1.17. The SMILES string of the molecule is CC(Nc1ccc(F)cc1F)c1ccccc1Br. The average Bonchev–Trinajstić information content (AvgIpc) is 2.33. The quantitative estimate of drug-likeness (QED) is 0.850. The van der Waals surface area contributed by atoms with Crippen LogP contribution in [0.2, 0.25) is 0 Å². The highest BCUT2D eigenvalue weighted by molar-refractivity contribution is 9.10. The maximum Gasteiger partial charge on any atom is 0.149 e. The van der Waals surface area contributed by atoms with Gasteiger partial charge in [-0.15, -0.1) is 0 Å². The Morgan fingerprint density at radius 2 is 1.83 bits per heavy atom. The van der Waals surface area contributed by atoms with Crippen LogP contribution in [0.25, 0.3) is 0 Å². The van der Waals surface area contributed by atoms with Gasteiger partial charge in [0.25, 0.3) is 0 Å². The molecule has 0 aliphatic heterocycles. The van der Waals surface area contributed by atoms with Crippen molar-refractivity contribution in [3.63, 3.8) is 0 Å². The number of hydrogen-bond acceptors (Lipinski definition) is 1. The Kier molecular flexibility index (Phi) is 3.97. The molecule has 0 radical (unpaired) electrons. The monoisotopic (exact) mass is 311 g/mol. The summed E-state index contributed by atoms with van der Waals surface area (Å²) in [4.78, 5) is 0. The molecular formula is C14H12BrF2N. The standard InChI is InChI=1S/C14H12BrF2N/c1-9(11-4-2-3-5-12(11)15)18-14-7-6-10(16)8-13(14)17/h2-9,18H,1H3. The molecule has 18 heavy (non-hydrogen) atoms. The van der Waals surface area contributed by atoms with E-state index in [1.165, 1.54) is 12.1 Å². The van der Waals surface area contributed by atoms with Gasteiger partial charge in [-0.3, -0.25) is 0 Å². The van der Waals surface area contributed by atoms with E-state index in [0.29, 0.717) is 5.69 Å². The van der Waals surface area contributed by atoms with Crippen molar-refractivity contribution in [2.24, 2.45) is 0 Å². The summed E-state index contributed by atoms with van der Waals surface area (Å²) in [6, 6.07) is 11.1. The molecule has 0 heterocycles. The van der Waals surface area contributed by atoms with E-state index >= 15 is 0 Å². The Hall–Kier alpha value is -1.42. The first-order valence-corrected chi connectivity index (χ1v) is 6.33. The third-order valence-corrected chi connectivity index (χ3v) is 3.40. The minimum Gasteiger partial charge on any atom is -0.376 e. The van der Waals surface area contributed by atoms with E-state index in [0.717, 1.165) is 16.1 Å². The van der Waals surface area contributed by atoms with Gasteiger partial charge in [0.2, 0.25) is 0 Å². The van der Waals surface area contributed by atoms with Crippen molar-refractivity contribution in [3.8, 4) is 0 Å². The zero-order valence-electron chi connectivity index (χ0n) is 9.75. The van der Waals surface area contributed by atoms with E-state index in [1.807, 2.05) is 31.2 Å². The fourth-order valence-corrected chi connectivity index (χ4v) is 2.37. The number of hydrogen-bond donors (Lipinski definition) is 1. The molecule has 0 bridgehead atoms. The second-order valence-corrected chi connectivity index (χ2v) is 4.87. The number of halogens is 3. The Labute approximate surface area is 113 Å². The first kappa shape index (κ1) is 13.0. The molecule has 0 amide bonds. The molecule has 4 heteroatoms. The van der Waals surface area contributed by atoms with Crippen LogP contribution in [-0.2, 0) is 0 Å². The van der Waals surface area contributed by atoms with Crippen LogP contribution in [0.4, 0.5) is 14.5 Å². The molecule has 1 N–H and O–H groups in total. The fraction of sp³-hybridized carbons (Fsp3) is 0.143. The zero-order chi connectivity index (χ0) is 13.1. The van der Waals surface area contributed by atoms with Crippen LogP contribution in [0, 0.1) is 11.6 Å². The van der Waals surface area contributed by atoms with Gasteiger partial charge in [-0.05, 0) is 30.7 Å². The molecule has 0 saturated carbocycles. The van der Waals surface area contributed by atoms with Crippen molar-refractivity contribution in [1.82, 2.24) is 0 Å². The molecule has 1 unspecified atom stereocenters. The van der Waals surface area contributed by atoms with E-state index in [1.54, 1.807) is 0 Å². The first-order valence-electron chi connectivity index (χ1n) is 5.54. The second kappa shape index (κ2) is 5.48. The van der Waals surface area contributed by atoms with Gasteiger partial charge in [0.05, 0.1) is 5.69 Å². The Morgan fingerprint density at radius 1 is 1.11 bits per heavy atom. The highest BCUT2D eigenvalue weighted by atomic mass is 79.9. The number of anilines is 1. The maximum atomic E-state index is 13.5. The third kappa shape index (κ3) is 2.88. The smallest absolute Gasteiger partial charge is 0.149 e. The lowest BCUT2D eigenvalue weighted by molar-refractivity contribution is 0.584. The summed E-state index contributed by atoms with van der Waals surface area (Å²) < 4.78 is 27.3. The summed E-state index contributed by atoms with van der Waals surface area (Å²) in [7, 11) is 0. The van der Waals surface area contributed by atoms with E-state index < -0.39 is 11.6 Å². The van der Waals surface area contributed by atoms with Crippen LogP contribution >= 0.6 is 15.9 Å². The molecule has 1 atom stereocenters. The third-order valence-electron chi connectivity index (χ3n) is 2.67. The molecule has 1 nitrogen and oxygen atoms in total. The molecule has 0 aliphatic rings. The molecular weight excluding hydrogens is 300 g/mol. The summed E-state index contributed by atoms with van der Waals surface area (Å²) in [5.41, 5.74) is 1.31. The Morgan fingerprint density at radius 3 is 2.50 bits per heavy atom. The van der Waals surface area contributed by atoms with Gasteiger partial charge in [-0.1, -0.05) is 34.1 Å². The van der Waals surface area contributed by atoms with E-state index in [2.05, 4.69) is 21.2 Å². The van der Waals surface area contributed by atoms with Gasteiger partial charge in [0.1, 0.15) is 11.6 Å². The molecule has 0 aliphatic carbocycles. The number of nitrogens with one attached hydrogen (secondary N) is 1. The van der Waals surface area contributed by atoms with E-state index in [4.69, 9.17) is 0 Å². The van der Waals surface area contributed by atoms with Gasteiger partial charge < -0.3 is 5.32 Å². The molecule has 0 fully saturated rings. The normalized spacial score (nSPS) is 12.2. The van der Waals surface area contributed by atoms with E-state index in [-0.39, 0.29) is 6.04 Å². The van der Waals surface area contributed by atoms with Gasteiger partial charge in [0.15, 0.2) is 0 Å². The predicted molar refractivity (Wildman–Crippen MR) is 72.5 cm³/mol. The van der Waals surface area contributed by atoms with Gasteiger partial charge >= 0.3 is 0 Å². The molecule has 0 saturated heterocycles. The number of rotatable bonds is 3. The van der Waals surface area contributed by atoms with Crippen LogP contribution in [0.1, 0.15) is 18.5 Å². The van der Waals surface area contributed by atoms with Crippen LogP contribution in [0.15, 0.2) is 46.9 Å². The predicted octanol–water partition coefficient (Wildman–Crippen LogP) is 4.90. The van der Waals surface area contributed by atoms with Crippen molar-refractivity contribution in [2.45, 2.75) is 13.0 Å². The zero-order valence-corrected chi connectivity index (χ0v) is 11.3. The highest BCUT2D eigenvalue weighted by Crippen LogP contribution is 2.27. The topological polar surface area (TPSA) is 12.0 Å². The highest BCUT2D eigenvalue weighted by Gasteiger charge is 2.11. The summed E-state index contributed by atoms with van der Waals surface area (Å²) in [6.07, 6.45) is 0. The largest absolute Gasteiger partial charge is 0.376 e. The van der Waals surface area contributed by atoms with Gasteiger partial charge in [-0.25, -0.2) is 8.78 Å². The minimum atomic E-state index is -0.589. The summed E-state index contributed by atoms with van der Waals surface area (Å²) in [6.45, 7) is 1.92. The van der Waals surface area contributed by atoms with Crippen molar-refractivity contribution >= 4 is 21.6 Å². The summed E-state index contributed by atoms with van der Waals surface area (Å²) >= 11 is 3.45.